The predicted molar refractivity (Wildman–Crippen MR) is 71.6 cm³/mol. The largest absolute Gasteiger partial charge is 0.382 e. The van der Waals surface area contributed by atoms with E-state index in [9.17, 15) is 8.42 Å². The number of aryl methyl sites for hydroxylation is 1. The standard InChI is InChI=1S/C13H20O5S/c1-11-4-6-13(7-5-11)19(14,15)18-9-8-17-12(2)10-16-3/h4-7,12H,8-10H2,1-3H3/t12-/m0/s1. The molecule has 0 aliphatic heterocycles. The Labute approximate surface area is 114 Å². The van der Waals surface area contributed by atoms with Crippen LogP contribution in [0.2, 0.25) is 0 Å². The van der Waals surface area contributed by atoms with Crippen molar-refractivity contribution in [2.45, 2.75) is 24.8 Å². The third kappa shape index (κ3) is 5.69. The molecule has 1 rings (SSSR count). The second-order valence-electron chi connectivity index (χ2n) is 4.23. The molecular formula is C13H20O5S. The molecule has 0 N–H and O–H groups in total. The van der Waals surface area contributed by atoms with Gasteiger partial charge >= 0.3 is 0 Å². The Morgan fingerprint density at radius 2 is 1.79 bits per heavy atom. The summed E-state index contributed by atoms with van der Waals surface area (Å²) >= 11 is 0. The summed E-state index contributed by atoms with van der Waals surface area (Å²) in [5.74, 6) is 0. The second-order valence-corrected chi connectivity index (χ2v) is 5.84. The van der Waals surface area contributed by atoms with Crippen LogP contribution in [-0.4, -0.2) is 41.5 Å². The van der Waals surface area contributed by atoms with Gasteiger partial charge in [0.15, 0.2) is 0 Å². The number of benzene rings is 1. The second kappa shape index (κ2) is 7.59. The maximum Gasteiger partial charge on any atom is 0.297 e. The molecule has 0 aliphatic rings. The SMILES string of the molecule is COC[C@H](C)OCCOS(=O)(=O)c1ccc(C)cc1. The Bertz CT molecular complexity index is 466. The zero-order valence-electron chi connectivity index (χ0n) is 11.5. The molecule has 0 spiro atoms. The van der Waals surface area contributed by atoms with Gasteiger partial charge in [-0.25, -0.2) is 0 Å². The van der Waals surface area contributed by atoms with Gasteiger partial charge < -0.3 is 9.47 Å². The van der Waals surface area contributed by atoms with Gasteiger partial charge in [0.05, 0.1) is 30.8 Å². The molecule has 0 bridgehead atoms. The van der Waals surface area contributed by atoms with Crippen LogP contribution < -0.4 is 0 Å². The van der Waals surface area contributed by atoms with E-state index in [2.05, 4.69) is 0 Å². The first-order valence-electron chi connectivity index (χ1n) is 6.02. The molecule has 0 aliphatic carbocycles. The van der Waals surface area contributed by atoms with Crippen LogP contribution in [0, 0.1) is 6.92 Å². The summed E-state index contributed by atoms with van der Waals surface area (Å²) in [5.41, 5.74) is 0.996. The van der Waals surface area contributed by atoms with Crippen molar-refractivity contribution in [2.75, 3.05) is 26.9 Å². The lowest BCUT2D eigenvalue weighted by molar-refractivity contribution is -0.00148. The average Bonchev–Trinajstić information content (AvgIpc) is 2.36. The fraction of sp³-hybridized carbons (Fsp3) is 0.538. The molecule has 0 saturated carbocycles. The highest BCUT2D eigenvalue weighted by molar-refractivity contribution is 7.86. The quantitative estimate of drug-likeness (QED) is 0.539. The molecule has 0 unspecified atom stereocenters. The van der Waals surface area contributed by atoms with Gasteiger partial charge in [0.25, 0.3) is 10.1 Å². The molecule has 0 heterocycles. The molecule has 1 atom stereocenters. The van der Waals surface area contributed by atoms with Gasteiger partial charge in [0.1, 0.15) is 0 Å². The van der Waals surface area contributed by atoms with Crippen LogP contribution in [0.15, 0.2) is 29.2 Å². The molecule has 108 valence electrons. The van der Waals surface area contributed by atoms with Crippen molar-refractivity contribution in [3.63, 3.8) is 0 Å². The van der Waals surface area contributed by atoms with E-state index >= 15 is 0 Å². The van der Waals surface area contributed by atoms with Gasteiger partial charge in [-0.05, 0) is 26.0 Å². The van der Waals surface area contributed by atoms with Gasteiger partial charge in [0, 0.05) is 7.11 Å². The number of rotatable bonds is 8. The maximum absolute atomic E-state index is 11.8. The molecule has 5 nitrogen and oxygen atoms in total. The number of ether oxygens (including phenoxy) is 2. The smallest absolute Gasteiger partial charge is 0.297 e. The predicted octanol–water partition coefficient (Wildman–Crippen LogP) is 1.75. The Balaban J connectivity index is 2.41. The molecule has 0 saturated heterocycles. The molecule has 19 heavy (non-hydrogen) atoms. The first kappa shape index (κ1) is 16.1. The highest BCUT2D eigenvalue weighted by Gasteiger charge is 2.14. The van der Waals surface area contributed by atoms with E-state index in [4.69, 9.17) is 13.7 Å². The maximum atomic E-state index is 11.8. The molecule has 0 radical (unpaired) electrons. The third-order valence-corrected chi connectivity index (χ3v) is 3.76. The van der Waals surface area contributed by atoms with Crippen molar-refractivity contribution in [3.05, 3.63) is 29.8 Å². The Hall–Kier alpha value is -0.950. The number of methoxy groups -OCH3 is 1. The molecule has 0 fully saturated rings. The minimum Gasteiger partial charge on any atom is -0.382 e. The topological polar surface area (TPSA) is 61.8 Å². The summed E-state index contributed by atoms with van der Waals surface area (Å²) in [6.45, 7) is 4.39. The van der Waals surface area contributed by atoms with Crippen molar-refractivity contribution < 1.29 is 22.1 Å². The summed E-state index contributed by atoms with van der Waals surface area (Å²) in [5, 5.41) is 0. The fourth-order valence-corrected chi connectivity index (χ4v) is 2.34. The van der Waals surface area contributed by atoms with Crippen LogP contribution in [-0.2, 0) is 23.8 Å². The lowest BCUT2D eigenvalue weighted by atomic mass is 10.2. The van der Waals surface area contributed by atoms with E-state index in [1.165, 1.54) is 12.1 Å². The monoisotopic (exact) mass is 288 g/mol. The zero-order valence-corrected chi connectivity index (χ0v) is 12.3. The Morgan fingerprint density at radius 1 is 1.16 bits per heavy atom. The zero-order chi connectivity index (χ0) is 14.3. The van der Waals surface area contributed by atoms with Crippen molar-refractivity contribution in [1.82, 2.24) is 0 Å². The van der Waals surface area contributed by atoms with Gasteiger partial charge in [-0.1, -0.05) is 17.7 Å². The summed E-state index contributed by atoms with van der Waals surface area (Å²) < 4.78 is 38.7. The summed E-state index contributed by atoms with van der Waals surface area (Å²) in [6, 6.07) is 6.51. The fourth-order valence-electron chi connectivity index (χ4n) is 1.45. The summed E-state index contributed by atoms with van der Waals surface area (Å²) in [6.07, 6.45) is -0.0873. The van der Waals surface area contributed by atoms with E-state index < -0.39 is 10.1 Å². The molecule has 6 heteroatoms. The van der Waals surface area contributed by atoms with Crippen molar-refractivity contribution in [3.8, 4) is 0 Å². The number of hydrogen-bond acceptors (Lipinski definition) is 5. The molecule has 0 amide bonds. The van der Waals surface area contributed by atoms with Crippen LogP contribution in [0.5, 0.6) is 0 Å². The minimum absolute atomic E-state index is 0.00966. The van der Waals surface area contributed by atoms with Crippen LogP contribution in [0.4, 0.5) is 0 Å². The van der Waals surface area contributed by atoms with E-state index in [1.807, 2.05) is 13.8 Å². The van der Waals surface area contributed by atoms with E-state index in [1.54, 1.807) is 19.2 Å². The normalized spacial score (nSPS) is 13.4. The number of hydrogen-bond donors (Lipinski definition) is 0. The molecule has 0 aromatic heterocycles. The summed E-state index contributed by atoms with van der Waals surface area (Å²) in [7, 11) is -2.12. The van der Waals surface area contributed by atoms with Crippen LogP contribution in [0.3, 0.4) is 0 Å². The highest BCUT2D eigenvalue weighted by Crippen LogP contribution is 2.12. The van der Waals surface area contributed by atoms with E-state index in [0.717, 1.165) is 5.56 Å². The first-order chi connectivity index (χ1) is 8.95. The van der Waals surface area contributed by atoms with Crippen molar-refractivity contribution in [2.24, 2.45) is 0 Å². The Morgan fingerprint density at radius 3 is 2.37 bits per heavy atom. The Kier molecular flexibility index (Phi) is 6.44. The summed E-state index contributed by atoms with van der Waals surface area (Å²) in [4.78, 5) is 0.156. The van der Waals surface area contributed by atoms with Gasteiger partial charge in [0.2, 0.25) is 0 Å². The van der Waals surface area contributed by atoms with E-state index in [-0.39, 0.29) is 24.2 Å². The van der Waals surface area contributed by atoms with Crippen LogP contribution in [0.25, 0.3) is 0 Å². The lowest BCUT2D eigenvalue weighted by Gasteiger charge is -2.12. The lowest BCUT2D eigenvalue weighted by Crippen LogP contribution is -2.19. The third-order valence-electron chi connectivity index (χ3n) is 2.44. The van der Waals surface area contributed by atoms with Crippen molar-refractivity contribution >= 4 is 10.1 Å². The minimum atomic E-state index is -3.70. The average molecular weight is 288 g/mol. The van der Waals surface area contributed by atoms with Crippen LogP contribution in [0.1, 0.15) is 12.5 Å². The van der Waals surface area contributed by atoms with Gasteiger partial charge in [-0.3, -0.25) is 4.18 Å². The molecular weight excluding hydrogens is 268 g/mol. The molecule has 1 aromatic carbocycles. The van der Waals surface area contributed by atoms with E-state index in [0.29, 0.717) is 6.61 Å². The van der Waals surface area contributed by atoms with Gasteiger partial charge in [-0.2, -0.15) is 8.42 Å². The highest BCUT2D eigenvalue weighted by atomic mass is 32.2. The van der Waals surface area contributed by atoms with Crippen LogP contribution >= 0.6 is 0 Å². The van der Waals surface area contributed by atoms with Crippen molar-refractivity contribution in [1.29, 1.82) is 0 Å². The first-order valence-corrected chi connectivity index (χ1v) is 7.43. The van der Waals surface area contributed by atoms with Gasteiger partial charge in [-0.15, -0.1) is 0 Å². The molecule has 1 aromatic rings.